The zero-order valence-electron chi connectivity index (χ0n) is 14.8. The van der Waals surface area contributed by atoms with Crippen molar-refractivity contribution in [2.24, 2.45) is 0 Å². The Bertz CT molecular complexity index is 1020. The van der Waals surface area contributed by atoms with E-state index in [9.17, 15) is 14.7 Å². The molecule has 0 atom stereocenters. The molecule has 0 unspecified atom stereocenters. The van der Waals surface area contributed by atoms with E-state index in [4.69, 9.17) is 11.6 Å². The van der Waals surface area contributed by atoms with Gasteiger partial charge in [0.1, 0.15) is 5.69 Å². The number of hydrogen-bond acceptors (Lipinski definition) is 2. The van der Waals surface area contributed by atoms with E-state index in [1.807, 2.05) is 32.0 Å². The third-order valence-corrected chi connectivity index (χ3v) is 4.90. The van der Waals surface area contributed by atoms with Crippen LogP contribution in [0.3, 0.4) is 0 Å². The normalized spacial score (nSPS) is 10.9. The number of carboxylic acid groups (broad SMARTS) is 1. The Hall–Kier alpha value is -2.79. The van der Waals surface area contributed by atoms with Crippen LogP contribution in [0.15, 0.2) is 36.4 Å². The number of aryl methyl sites for hydroxylation is 2. The minimum Gasteiger partial charge on any atom is -0.477 e. The number of H-pyrrole nitrogens is 1. The van der Waals surface area contributed by atoms with Crippen LogP contribution < -0.4 is 4.90 Å². The summed E-state index contributed by atoms with van der Waals surface area (Å²) in [5.74, 6) is -1.30. The van der Waals surface area contributed by atoms with Gasteiger partial charge >= 0.3 is 5.97 Å². The largest absolute Gasteiger partial charge is 0.477 e. The molecule has 0 aliphatic carbocycles. The number of nitrogens with one attached hydrogen (secondary N) is 1. The molecule has 0 radical (unpaired) electrons. The van der Waals surface area contributed by atoms with E-state index in [0.29, 0.717) is 21.5 Å². The summed E-state index contributed by atoms with van der Waals surface area (Å²) in [4.78, 5) is 28.8. The monoisotopic (exact) mass is 370 g/mol. The van der Waals surface area contributed by atoms with Crippen LogP contribution >= 0.6 is 11.6 Å². The Morgan fingerprint density at radius 2 is 1.85 bits per heavy atom. The molecule has 5 nitrogen and oxygen atoms in total. The molecule has 0 aliphatic heterocycles. The molecule has 1 heterocycles. The van der Waals surface area contributed by atoms with Gasteiger partial charge in [0.15, 0.2) is 0 Å². The quantitative estimate of drug-likeness (QED) is 0.717. The topological polar surface area (TPSA) is 73.4 Å². The lowest BCUT2D eigenvalue weighted by molar-refractivity contribution is -0.117. The van der Waals surface area contributed by atoms with E-state index in [0.717, 1.165) is 16.8 Å². The fourth-order valence-corrected chi connectivity index (χ4v) is 3.11. The highest BCUT2D eigenvalue weighted by Gasteiger charge is 2.22. The maximum atomic E-state index is 12.8. The van der Waals surface area contributed by atoms with Crippen LogP contribution in [0.4, 0.5) is 5.69 Å². The highest BCUT2D eigenvalue weighted by atomic mass is 35.5. The Morgan fingerprint density at radius 1 is 1.12 bits per heavy atom. The third-order valence-electron chi connectivity index (χ3n) is 4.66. The van der Waals surface area contributed by atoms with Gasteiger partial charge in [-0.15, -0.1) is 0 Å². The number of halogens is 1. The number of anilines is 1. The lowest BCUT2D eigenvalue weighted by Gasteiger charge is -2.18. The zero-order valence-corrected chi connectivity index (χ0v) is 15.5. The fraction of sp³-hybridized carbons (Fsp3) is 0.200. The van der Waals surface area contributed by atoms with Crippen molar-refractivity contribution < 1.29 is 14.7 Å². The molecule has 26 heavy (non-hydrogen) atoms. The number of fused-ring (bicyclic) bond motifs is 1. The van der Waals surface area contributed by atoms with Gasteiger partial charge < -0.3 is 15.0 Å². The van der Waals surface area contributed by atoms with Gasteiger partial charge in [0.05, 0.1) is 6.42 Å². The molecular formula is C20H19ClN2O3. The number of aromatic carboxylic acids is 1. The van der Waals surface area contributed by atoms with Crippen molar-refractivity contribution >= 4 is 40.1 Å². The number of hydrogen-bond donors (Lipinski definition) is 2. The van der Waals surface area contributed by atoms with Gasteiger partial charge in [-0.3, -0.25) is 4.79 Å². The first-order chi connectivity index (χ1) is 12.3. The van der Waals surface area contributed by atoms with Crippen LogP contribution in [0.2, 0.25) is 5.02 Å². The van der Waals surface area contributed by atoms with Crippen LogP contribution in [-0.4, -0.2) is 29.0 Å². The molecule has 3 rings (SSSR count). The highest BCUT2D eigenvalue weighted by molar-refractivity contribution is 6.31. The molecule has 1 aromatic heterocycles. The zero-order chi connectivity index (χ0) is 19.0. The summed E-state index contributed by atoms with van der Waals surface area (Å²) in [5, 5.41) is 10.6. The summed E-state index contributed by atoms with van der Waals surface area (Å²) in [6, 6.07) is 10.9. The molecule has 2 aromatic carbocycles. The molecule has 3 aromatic rings. The van der Waals surface area contributed by atoms with E-state index in [-0.39, 0.29) is 18.0 Å². The molecule has 0 fully saturated rings. The Balaban J connectivity index is 1.98. The van der Waals surface area contributed by atoms with Gasteiger partial charge in [-0.25, -0.2) is 4.79 Å². The first-order valence-electron chi connectivity index (χ1n) is 8.15. The highest BCUT2D eigenvalue weighted by Crippen LogP contribution is 2.27. The van der Waals surface area contributed by atoms with Crippen molar-refractivity contribution in [3.05, 3.63) is 63.8 Å². The van der Waals surface area contributed by atoms with E-state index in [1.54, 1.807) is 30.1 Å². The van der Waals surface area contributed by atoms with Gasteiger partial charge in [-0.1, -0.05) is 17.7 Å². The molecule has 0 saturated heterocycles. The summed E-state index contributed by atoms with van der Waals surface area (Å²) in [6.07, 6.45) is -0.0363. The summed E-state index contributed by atoms with van der Waals surface area (Å²) >= 11 is 6.05. The lowest BCUT2D eigenvalue weighted by Crippen LogP contribution is -2.28. The molecule has 0 saturated carbocycles. The van der Waals surface area contributed by atoms with Crippen molar-refractivity contribution in [2.45, 2.75) is 20.3 Å². The van der Waals surface area contributed by atoms with E-state index in [2.05, 4.69) is 4.98 Å². The average Bonchev–Trinajstić information content (AvgIpc) is 2.94. The Labute approximate surface area is 156 Å². The second kappa shape index (κ2) is 6.84. The number of aromatic amines is 1. The second-order valence-electron chi connectivity index (χ2n) is 6.37. The first kappa shape index (κ1) is 18.0. The van der Waals surface area contributed by atoms with Gasteiger partial charge in [-0.2, -0.15) is 0 Å². The molecule has 0 bridgehead atoms. The standard InChI is InChI=1S/C20H19ClN2O3/c1-11-4-6-14(8-12(11)2)23(3)18(24)10-16-15-9-13(21)5-7-17(15)22-19(16)20(25)26/h4-9,22H,10H2,1-3H3,(H,25,26). The van der Waals surface area contributed by atoms with Crippen molar-refractivity contribution in [3.8, 4) is 0 Å². The SMILES string of the molecule is Cc1ccc(N(C)C(=O)Cc2c(C(=O)O)[nH]c3ccc(Cl)cc23)cc1C. The van der Waals surface area contributed by atoms with Crippen LogP contribution in [0.5, 0.6) is 0 Å². The van der Waals surface area contributed by atoms with Crippen LogP contribution in [0.25, 0.3) is 10.9 Å². The second-order valence-corrected chi connectivity index (χ2v) is 6.81. The number of likely N-dealkylation sites (N-methyl/N-ethyl adjacent to an activating group) is 1. The molecule has 1 amide bonds. The van der Waals surface area contributed by atoms with Crippen molar-refractivity contribution in [1.29, 1.82) is 0 Å². The summed E-state index contributed by atoms with van der Waals surface area (Å²) < 4.78 is 0. The number of carbonyl (C=O) groups excluding carboxylic acids is 1. The minimum atomic E-state index is -1.10. The summed E-state index contributed by atoms with van der Waals surface area (Å²) in [5.41, 5.74) is 4.11. The third kappa shape index (κ3) is 3.30. The van der Waals surface area contributed by atoms with Crippen LogP contribution in [0.1, 0.15) is 27.2 Å². The molecule has 134 valence electrons. The number of carboxylic acids is 1. The van der Waals surface area contributed by atoms with Gasteiger partial charge in [-0.05, 0) is 55.3 Å². The first-order valence-corrected chi connectivity index (χ1v) is 8.53. The van der Waals surface area contributed by atoms with Gasteiger partial charge in [0.25, 0.3) is 0 Å². The maximum absolute atomic E-state index is 12.8. The summed E-state index contributed by atoms with van der Waals surface area (Å²) in [6.45, 7) is 4.00. The average molecular weight is 371 g/mol. The minimum absolute atomic E-state index is 0.0177. The maximum Gasteiger partial charge on any atom is 0.352 e. The molecule has 2 N–H and O–H groups in total. The van der Waals surface area contributed by atoms with Crippen molar-refractivity contribution in [1.82, 2.24) is 4.98 Å². The number of benzene rings is 2. The number of rotatable bonds is 4. The molecular weight excluding hydrogens is 352 g/mol. The number of aromatic nitrogens is 1. The smallest absolute Gasteiger partial charge is 0.352 e. The fourth-order valence-electron chi connectivity index (χ4n) is 2.93. The van der Waals surface area contributed by atoms with Crippen LogP contribution in [-0.2, 0) is 11.2 Å². The number of nitrogens with zero attached hydrogens (tertiary/aromatic N) is 1. The van der Waals surface area contributed by atoms with E-state index < -0.39 is 5.97 Å². The van der Waals surface area contributed by atoms with Gasteiger partial charge in [0.2, 0.25) is 5.91 Å². The molecule has 6 heteroatoms. The number of amides is 1. The molecule has 0 spiro atoms. The van der Waals surface area contributed by atoms with Crippen molar-refractivity contribution in [2.75, 3.05) is 11.9 Å². The van der Waals surface area contributed by atoms with Crippen LogP contribution in [0, 0.1) is 13.8 Å². The number of carbonyl (C=O) groups is 2. The predicted octanol–water partition coefficient (Wildman–Crippen LogP) is 4.34. The Morgan fingerprint density at radius 3 is 2.50 bits per heavy atom. The lowest BCUT2D eigenvalue weighted by atomic mass is 10.1. The molecule has 0 aliphatic rings. The summed E-state index contributed by atoms with van der Waals surface area (Å²) in [7, 11) is 1.69. The van der Waals surface area contributed by atoms with E-state index in [1.165, 1.54) is 0 Å². The van der Waals surface area contributed by atoms with Gasteiger partial charge in [0, 0.05) is 34.2 Å². The Kier molecular flexibility index (Phi) is 4.74. The van der Waals surface area contributed by atoms with Crippen molar-refractivity contribution in [3.63, 3.8) is 0 Å². The predicted molar refractivity (Wildman–Crippen MR) is 103 cm³/mol. The van der Waals surface area contributed by atoms with E-state index >= 15 is 0 Å².